The Balaban J connectivity index is 1.28. The number of amides is 1. The normalized spacial score (nSPS) is 12.7. The van der Waals surface area contributed by atoms with E-state index in [2.05, 4.69) is 46.1 Å². The Morgan fingerprint density at radius 1 is 1.00 bits per heavy atom. The van der Waals surface area contributed by atoms with Gasteiger partial charge in [0.05, 0.1) is 24.2 Å². The summed E-state index contributed by atoms with van der Waals surface area (Å²) in [6.07, 6.45) is 4.26. The van der Waals surface area contributed by atoms with Gasteiger partial charge in [-0.3, -0.25) is 14.7 Å². The van der Waals surface area contributed by atoms with Crippen molar-refractivity contribution in [3.05, 3.63) is 95.1 Å². The van der Waals surface area contributed by atoms with E-state index in [1.54, 1.807) is 23.2 Å². The van der Waals surface area contributed by atoms with Gasteiger partial charge in [0.2, 0.25) is 6.08 Å². The monoisotopic (exact) mass is 654 g/mol. The molecule has 0 saturated carbocycles. The average Bonchev–Trinajstić information content (AvgIpc) is 3.40. The van der Waals surface area contributed by atoms with E-state index in [4.69, 9.17) is 21.1 Å². The number of esters is 1. The third-order valence-electron chi connectivity index (χ3n) is 8.62. The number of hydrogen-bond donors (Lipinski definition) is 0. The van der Waals surface area contributed by atoms with Crippen LogP contribution in [0.4, 0.5) is 10.5 Å². The zero-order chi connectivity index (χ0) is 33.2. The number of likely N-dealkylation sites (N-methyl/N-ethyl adjacent to an activating group) is 1. The van der Waals surface area contributed by atoms with Crippen LogP contribution in [-0.2, 0) is 19.1 Å². The molecule has 1 aliphatic carbocycles. The minimum absolute atomic E-state index is 0.0542. The maximum Gasteiger partial charge on any atom is 0.414 e. The predicted molar refractivity (Wildman–Crippen MR) is 184 cm³/mol. The van der Waals surface area contributed by atoms with Gasteiger partial charge in [-0.25, -0.2) is 14.6 Å². The molecule has 1 aromatic heterocycles. The van der Waals surface area contributed by atoms with Crippen LogP contribution in [0.1, 0.15) is 50.2 Å². The molecule has 1 amide bonds. The standard InChI is InChI=1S/C37H39ClN4O5/c1-3-41(21-22-46-36(44)17-18-39-25-43)20-8-9-26(2)42(35-16-19-40-34-23-27(38)14-15-32(34)35)37(45)47-24-33-30-12-6-4-10-28(30)29-11-5-7-13-31(29)33/h4-7,10-16,19,23,26,33H,3,8-9,17-18,20-22,24H2,1-2H3. The van der Waals surface area contributed by atoms with Crippen LogP contribution in [-0.4, -0.2) is 73.5 Å². The quantitative estimate of drug-likeness (QED) is 0.0748. The zero-order valence-corrected chi connectivity index (χ0v) is 27.5. The van der Waals surface area contributed by atoms with Crippen molar-refractivity contribution in [2.45, 2.75) is 45.1 Å². The maximum absolute atomic E-state index is 14.1. The van der Waals surface area contributed by atoms with Gasteiger partial charge in [-0.05, 0) is 79.4 Å². The second kappa shape index (κ2) is 16.3. The average molecular weight is 655 g/mol. The summed E-state index contributed by atoms with van der Waals surface area (Å²) in [5.41, 5.74) is 6.08. The van der Waals surface area contributed by atoms with Gasteiger partial charge >= 0.3 is 12.1 Å². The topological polar surface area (TPSA) is 101 Å². The Hall–Kier alpha value is -4.56. The summed E-state index contributed by atoms with van der Waals surface area (Å²) in [5, 5.41) is 1.38. The van der Waals surface area contributed by atoms with Crippen molar-refractivity contribution in [1.82, 2.24) is 9.88 Å². The van der Waals surface area contributed by atoms with E-state index in [9.17, 15) is 14.4 Å². The molecule has 4 aromatic rings. The fraction of sp³-hybridized carbons (Fsp3) is 0.351. The summed E-state index contributed by atoms with van der Waals surface area (Å²) < 4.78 is 11.4. The summed E-state index contributed by atoms with van der Waals surface area (Å²) in [6.45, 7) is 6.77. The Labute approximate surface area is 280 Å². The van der Waals surface area contributed by atoms with E-state index in [-0.39, 0.29) is 38.1 Å². The van der Waals surface area contributed by atoms with Gasteiger partial charge < -0.3 is 14.4 Å². The Morgan fingerprint density at radius 2 is 1.72 bits per heavy atom. The van der Waals surface area contributed by atoms with Gasteiger partial charge in [0, 0.05) is 35.1 Å². The molecule has 1 unspecified atom stereocenters. The second-order valence-electron chi connectivity index (χ2n) is 11.5. The van der Waals surface area contributed by atoms with Crippen LogP contribution in [0.15, 0.2) is 84.0 Å². The number of carbonyl (C=O) groups excluding carboxylic acids is 3. The number of ether oxygens (including phenoxy) is 2. The lowest BCUT2D eigenvalue weighted by atomic mass is 9.98. The highest BCUT2D eigenvalue weighted by molar-refractivity contribution is 6.31. The molecule has 0 aliphatic heterocycles. The number of rotatable bonds is 15. The first-order valence-electron chi connectivity index (χ1n) is 16.0. The smallest absolute Gasteiger partial charge is 0.414 e. The SMILES string of the molecule is CCN(CCCC(C)N(C(=O)OCC1c2ccccc2-c2ccccc21)c1ccnc2cc(Cl)ccc12)CCOC(=O)CCN=C=O. The van der Waals surface area contributed by atoms with Gasteiger partial charge in [-0.15, -0.1) is 0 Å². The third-order valence-corrected chi connectivity index (χ3v) is 8.86. The van der Waals surface area contributed by atoms with Crippen LogP contribution < -0.4 is 4.90 Å². The molecule has 5 rings (SSSR count). The first-order chi connectivity index (χ1) is 22.9. The number of halogens is 1. The number of isocyanates is 1. The summed E-state index contributed by atoms with van der Waals surface area (Å²) in [6, 6.07) is 23.7. The second-order valence-corrected chi connectivity index (χ2v) is 12.0. The predicted octanol–water partition coefficient (Wildman–Crippen LogP) is 7.40. The fourth-order valence-electron chi connectivity index (χ4n) is 6.22. The fourth-order valence-corrected chi connectivity index (χ4v) is 6.38. The van der Waals surface area contributed by atoms with E-state index in [0.29, 0.717) is 23.5 Å². The van der Waals surface area contributed by atoms with Crippen molar-refractivity contribution in [2.24, 2.45) is 4.99 Å². The van der Waals surface area contributed by atoms with Crippen molar-refractivity contribution >= 4 is 46.3 Å². The number of hydrogen-bond acceptors (Lipinski definition) is 8. The summed E-state index contributed by atoms with van der Waals surface area (Å²) >= 11 is 6.28. The first kappa shape index (κ1) is 33.8. The lowest BCUT2D eigenvalue weighted by molar-refractivity contribution is -0.143. The summed E-state index contributed by atoms with van der Waals surface area (Å²) in [5.74, 6) is -0.445. The highest BCUT2D eigenvalue weighted by atomic mass is 35.5. The van der Waals surface area contributed by atoms with Crippen molar-refractivity contribution in [1.29, 1.82) is 0 Å². The zero-order valence-electron chi connectivity index (χ0n) is 26.7. The highest BCUT2D eigenvalue weighted by Crippen LogP contribution is 2.44. The number of benzene rings is 3. The number of pyridine rings is 1. The van der Waals surface area contributed by atoms with E-state index in [0.717, 1.165) is 41.7 Å². The highest BCUT2D eigenvalue weighted by Gasteiger charge is 2.31. The molecule has 0 N–H and O–H groups in total. The number of anilines is 1. The number of aromatic nitrogens is 1. The van der Waals surface area contributed by atoms with Crippen molar-refractivity contribution in [3.63, 3.8) is 0 Å². The largest absolute Gasteiger partial charge is 0.464 e. The van der Waals surface area contributed by atoms with Crippen LogP contribution >= 0.6 is 11.6 Å². The molecular weight excluding hydrogens is 616 g/mol. The number of aliphatic imine (C=N–C) groups is 1. The van der Waals surface area contributed by atoms with E-state index in [1.807, 2.05) is 43.3 Å². The van der Waals surface area contributed by atoms with Crippen LogP contribution in [0, 0.1) is 0 Å². The van der Waals surface area contributed by atoms with Gasteiger partial charge in [0.25, 0.3) is 0 Å². The van der Waals surface area contributed by atoms with Crippen LogP contribution in [0.2, 0.25) is 5.02 Å². The molecule has 3 aromatic carbocycles. The molecule has 1 atom stereocenters. The molecule has 9 nitrogen and oxygen atoms in total. The van der Waals surface area contributed by atoms with Crippen molar-refractivity contribution in [2.75, 3.05) is 44.3 Å². The van der Waals surface area contributed by atoms with Crippen LogP contribution in [0.5, 0.6) is 0 Å². The van der Waals surface area contributed by atoms with E-state index >= 15 is 0 Å². The molecule has 0 saturated heterocycles. The van der Waals surface area contributed by atoms with Crippen molar-refractivity contribution < 1.29 is 23.9 Å². The lowest BCUT2D eigenvalue weighted by Crippen LogP contribution is -2.40. The van der Waals surface area contributed by atoms with Gasteiger partial charge in [-0.2, -0.15) is 0 Å². The molecule has 0 fully saturated rings. The van der Waals surface area contributed by atoms with Crippen LogP contribution in [0.3, 0.4) is 0 Å². The van der Waals surface area contributed by atoms with Gasteiger partial charge in [-0.1, -0.05) is 67.1 Å². The van der Waals surface area contributed by atoms with E-state index < -0.39 is 12.1 Å². The van der Waals surface area contributed by atoms with Crippen LogP contribution in [0.25, 0.3) is 22.0 Å². The Bertz CT molecular complexity index is 1710. The maximum atomic E-state index is 14.1. The minimum atomic E-state index is -0.417. The summed E-state index contributed by atoms with van der Waals surface area (Å²) in [7, 11) is 0. The number of nitrogens with zero attached hydrogens (tertiary/aromatic N) is 4. The minimum Gasteiger partial charge on any atom is -0.464 e. The number of fused-ring (bicyclic) bond motifs is 4. The molecule has 10 heteroatoms. The molecule has 47 heavy (non-hydrogen) atoms. The molecule has 1 aliphatic rings. The van der Waals surface area contributed by atoms with E-state index in [1.165, 1.54) is 17.2 Å². The first-order valence-corrected chi connectivity index (χ1v) is 16.4. The molecule has 1 heterocycles. The molecule has 0 radical (unpaired) electrons. The molecule has 0 spiro atoms. The lowest BCUT2D eigenvalue weighted by Gasteiger charge is -2.31. The number of carbonyl (C=O) groups is 2. The molecular formula is C37H39ClN4O5. The van der Waals surface area contributed by atoms with Crippen molar-refractivity contribution in [3.8, 4) is 11.1 Å². The third kappa shape index (κ3) is 8.24. The van der Waals surface area contributed by atoms with Gasteiger partial charge in [0.15, 0.2) is 0 Å². The molecule has 244 valence electrons. The Kier molecular flexibility index (Phi) is 11.7. The Morgan fingerprint density at radius 3 is 2.43 bits per heavy atom. The van der Waals surface area contributed by atoms with Gasteiger partial charge in [0.1, 0.15) is 13.2 Å². The molecule has 0 bridgehead atoms. The summed E-state index contributed by atoms with van der Waals surface area (Å²) in [4.78, 5) is 47.9.